The summed E-state index contributed by atoms with van der Waals surface area (Å²) >= 11 is 5.67. The number of nitrogens with zero attached hydrogens (tertiary/aromatic N) is 1. The lowest BCUT2D eigenvalue weighted by Crippen LogP contribution is -2.18. The molecule has 1 heterocycles. The van der Waals surface area contributed by atoms with Crippen molar-refractivity contribution in [3.05, 3.63) is 29.0 Å². The van der Waals surface area contributed by atoms with E-state index in [1.54, 1.807) is 0 Å². The molecule has 1 aromatic rings. The number of rotatable bonds is 4. The lowest BCUT2D eigenvalue weighted by molar-refractivity contribution is -0.129. The summed E-state index contributed by atoms with van der Waals surface area (Å²) < 4.78 is 58.5. The number of sulfone groups is 1. The Kier molecular flexibility index (Phi) is 4.37. The van der Waals surface area contributed by atoms with Gasteiger partial charge in [-0.1, -0.05) is 11.6 Å². The van der Waals surface area contributed by atoms with Crippen LogP contribution < -0.4 is 0 Å². The van der Waals surface area contributed by atoms with Crippen LogP contribution in [0.2, 0.25) is 5.02 Å². The highest BCUT2D eigenvalue weighted by Crippen LogP contribution is 2.22. The summed E-state index contributed by atoms with van der Waals surface area (Å²) in [6.45, 7) is 0. The first kappa shape index (κ1) is 14.2. The van der Waals surface area contributed by atoms with Crippen molar-refractivity contribution in [2.75, 3.05) is 5.75 Å². The van der Waals surface area contributed by atoms with Gasteiger partial charge in [-0.05, 0) is 12.1 Å². The van der Waals surface area contributed by atoms with Gasteiger partial charge < -0.3 is 0 Å². The molecule has 0 fully saturated rings. The molecule has 0 atom stereocenters. The maximum Gasteiger partial charge on any atom is 0.390 e. The molecule has 3 nitrogen and oxygen atoms in total. The summed E-state index contributed by atoms with van der Waals surface area (Å²) in [5, 5.41) is 0.128. The van der Waals surface area contributed by atoms with E-state index in [0.717, 1.165) is 0 Å². The van der Waals surface area contributed by atoms with Crippen molar-refractivity contribution in [3.63, 3.8) is 0 Å². The molecule has 1 rings (SSSR count). The highest BCUT2D eigenvalue weighted by molar-refractivity contribution is 7.90. The fourth-order valence-corrected chi connectivity index (χ4v) is 2.68. The minimum absolute atomic E-state index is 0.0661. The third-order valence-electron chi connectivity index (χ3n) is 1.89. The molecule has 0 spiro atoms. The Bertz CT molecular complexity index is 487. The predicted octanol–water partition coefficient (Wildman–Crippen LogP) is 2.60. The van der Waals surface area contributed by atoms with E-state index in [4.69, 9.17) is 11.6 Å². The quantitative estimate of drug-likeness (QED) is 0.855. The van der Waals surface area contributed by atoms with Crippen LogP contribution in [-0.2, 0) is 15.6 Å². The third-order valence-corrected chi connectivity index (χ3v) is 3.77. The van der Waals surface area contributed by atoms with Gasteiger partial charge in [0.05, 0.1) is 28.6 Å². The molecule has 0 aliphatic rings. The zero-order chi connectivity index (χ0) is 13.1. The zero-order valence-corrected chi connectivity index (χ0v) is 10.1. The highest BCUT2D eigenvalue weighted by Gasteiger charge is 2.30. The zero-order valence-electron chi connectivity index (χ0n) is 8.54. The van der Waals surface area contributed by atoms with Crippen molar-refractivity contribution in [1.29, 1.82) is 0 Å². The Morgan fingerprint density at radius 3 is 2.53 bits per heavy atom. The van der Waals surface area contributed by atoms with Crippen LogP contribution in [0.1, 0.15) is 12.1 Å². The van der Waals surface area contributed by atoms with Gasteiger partial charge in [0.1, 0.15) is 0 Å². The second kappa shape index (κ2) is 5.22. The molecular weight excluding hydrogens is 279 g/mol. The largest absolute Gasteiger partial charge is 0.390 e. The van der Waals surface area contributed by atoms with E-state index in [2.05, 4.69) is 4.98 Å². The molecule has 0 saturated carbocycles. The van der Waals surface area contributed by atoms with Gasteiger partial charge >= 0.3 is 6.18 Å². The lowest BCUT2D eigenvalue weighted by atomic mass is 10.4. The Balaban J connectivity index is 2.71. The first-order valence-electron chi connectivity index (χ1n) is 4.56. The monoisotopic (exact) mass is 287 g/mol. The number of hydrogen-bond acceptors (Lipinski definition) is 3. The SMILES string of the molecule is O=S(=O)(CCC(F)(F)F)Cc1ncccc1Cl. The fraction of sp³-hybridized carbons (Fsp3) is 0.444. The molecule has 0 radical (unpaired) electrons. The average molecular weight is 288 g/mol. The Hall–Kier alpha value is -0.820. The van der Waals surface area contributed by atoms with E-state index in [0.29, 0.717) is 0 Å². The van der Waals surface area contributed by atoms with Crippen molar-refractivity contribution in [2.45, 2.75) is 18.3 Å². The molecule has 0 aliphatic heterocycles. The molecule has 0 bridgehead atoms. The van der Waals surface area contributed by atoms with E-state index in [1.165, 1.54) is 18.3 Å². The van der Waals surface area contributed by atoms with E-state index in [9.17, 15) is 21.6 Å². The maximum atomic E-state index is 11.9. The normalized spacial score (nSPS) is 12.7. The van der Waals surface area contributed by atoms with Gasteiger partial charge in [0, 0.05) is 6.20 Å². The number of pyridine rings is 1. The van der Waals surface area contributed by atoms with Crippen LogP contribution in [0.4, 0.5) is 13.2 Å². The Labute approximate surface area is 102 Å². The first-order chi connectivity index (χ1) is 7.70. The summed E-state index contributed by atoms with van der Waals surface area (Å²) in [4.78, 5) is 3.72. The van der Waals surface area contributed by atoms with E-state index in [1.807, 2.05) is 0 Å². The molecule has 1 aromatic heterocycles. The average Bonchev–Trinajstić information content (AvgIpc) is 2.18. The molecule has 17 heavy (non-hydrogen) atoms. The summed E-state index contributed by atoms with van der Waals surface area (Å²) in [5.41, 5.74) is 0.0661. The van der Waals surface area contributed by atoms with Gasteiger partial charge in [-0.25, -0.2) is 8.42 Å². The standard InChI is InChI=1S/C9H9ClF3NO2S/c10-7-2-1-4-14-8(7)6-17(15,16)5-3-9(11,12)13/h1-2,4H,3,5-6H2. The van der Waals surface area contributed by atoms with E-state index < -0.39 is 33.9 Å². The number of alkyl halides is 3. The van der Waals surface area contributed by atoms with Crippen molar-refractivity contribution in [3.8, 4) is 0 Å². The Morgan fingerprint density at radius 2 is 2.00 bits per heavy atom. The molecule has 0 N–H and O–H groups in total. The van der Waals surface area contributed by atoms with Crippen molar-refractivity contribution >= 4 is 21.4 Å². The van der Waals surface area contributed by atoms with Crippen LogP contribution in [0.5, 0.6) is 0 Å². The number of halogens is 4. The fourth-order valence-electron chi connectivity index (χ4n) is 1.08. The third kappa shape index (κ3) is 5.36. The smallest absolute Gasteiger partial charge is 0.259 e. The van der Waals surface area contributed by atoms with Crippen LogP contribution in [0, 0.1) is 0 Å². The lowest BCUT2D eigenvalue weighted by Gasteiger charge is -2.07. The van der Waals surface area contributed by atoms with Gasteiger partial charge in [-0.15, -0.1) is 0 Å². The molecule has 96 valence electrons. The van der Waals surface area contributed by atoms with Gasteiger partial charge in [0.15, 0.2) is 9.84 Å². The van der Waals surface area contributed by atoms with Gasteiger partial charge in [0.2, 0.25) is 0 Å². The van der Waals surface area contributed by atoms with Crippen LogP contribution in [-0.4, -0.2) is 25.3 Å². The van der Waals surface area contributed by atoms with E-state index in [-0.39, 0.29) is 10.7 Å². The van der Waals surface area contributed by atoms with E-state index >= 15 is 0 Å². The molecule has 0 aromatic carbocycles. The molecule has 0 saturated heterocycles. The minimum Gasteiger partial charge on any atom is -0.259 e. The van der Waals surface area contributed by atoms with Gasteiger partial charge in [-0.3, -0.25) is 4.98 Å². The molecule has 0 unspecified atom stereocenters. The molecular formula is C9H9ClF3NO2S. The number of aromatic nitrogens is 1. The Morgan fingerprint density at radius 1 is 1.35 bits per heavy atom. The van der Waals surface area contributed by atoms with Gasteiger partial charge in [0.25, 0.3) is 0 Å². The number of hydrogen-bond donors (Lipinski definition) is 0. The van der Waals surface area contributed by atoms with Gasteiger partial charge in [-0.2, -0.15) is 13.2 Å². The predicted molar refractivity (Wildman–Crippen MR) is 57.4 cm³/mol. The van der Waals surface area contributed by atoms with Crippen LogP contribution in [0.15, 0.2) is 18.3 Å². The van der Waals surface area contributed by atoms with Crippen molar-refractivity contribution in [1.82, 2.24) is 4.98 Å². The minimum atomic E-state index is -4.49. The molecule has 0 aliphatic carbocycles. The van der Waals surface area contributed by atoms with Crippen LogP contribution >= 0.6 is 11.6 Å². The second-order valence-corrected chi connectivity index (χ2v) is 5.98. The summed E-state index contributed by atoms with van der Waals surface area (Å²) in [5.74, 6) is -1.54. The van der Waals surface area contributed by atoms with Crippen LogP contribution in [0.25, 0.3) is 0 Å². The summed E-state index contributed by atoms with van der Waals surface area (Å²) in [6.07, 6.45) is -4.51. The maximum absolute atomic E-state index is 11.9. The summed E-state index contributed by atoms with van der Waals surface area (Å²) in [6, 6.07) is 2.94. The summed E-state index contributed by atoms with van der Waals surface area (Å²) in [7, 11) is -3.86. The first-order valence-corrected chi connectivity index (χ1v) is 6.76. The highest BCUT2D eigenvalue weighted by atomic mass is 35.5. The van der Waals surface area contributed by atoms with Crippen molar-refractivity contribution < 1.29 is 21.6 Å². The topological polar surface area (TPSA) is 47.0 Å². The second-order valence-electron chi connectivity index (χ2n) is 3.39. The van der Waals surface area contributed by atoms with Crippen molar-refractivity contribution in [2.24, 2.45) is 0 Å². The molecule has 0 amide bonds. The van der Waals surface area contributed by atoms with Crippen LogP contribution in [0.3, 0.4) is 0 Å². The molecule has 8 heteroatoms.